The van der Waals surface area contributed by atoms with E-state index in [1.165, 1.54) is 24.3 Å². The summed E-state index contributed by atoms with van der Waals surface area (Å²) >= 11 is 0. The molecule has 0 unspecified atom stereocenters. The van der Waals surface area contributed by atoms with Gasteiger partial charge in [0.25, 0.3) is 5.91 Å². The highest BCUT2D eigenvalue weighted by molar-refractivity contribution is 6.04. The largest absolute Gasteiger partial charge is 0.396 e. The van der Waals surface area contributed by atoms with Gasteiger partial charge in [0.2, 0.25) is 0 Å². The number of nitrogens with zero attached hydrogens (tertiary/aromatic N) is 2. The van der Waals surface area contributed by atoms with Crippen LogP contribution >= 0.6 is 0 Å². The molecule has 26 heavy (non-hydrogen) atoms. The van der Waals surface area contributed by atoms with E-state index in [9.17, 15) is 13.6 Å². The molecule has 0 aliphatic rings. The predicted molar refractivity (Wildman–Crippen MR) is 95.6 cm³/mol. The lowest BCUT2D eigenvalue weighted by molar-refractivity contribution is 0.0996. The van der Waals surface area contributed by atoms with Gasteiger partial charge in [-0.2, -0.15) is 0 Å². The Balaban J connectivity index is 1.90. The molecule has 0 aliphatic carbocycles. The predicted octanol–water partition coefficient (Wildman–Crippen LogP) is 3.07. The van der Waals surface area contributed by atoms with Gasteiger partial charge in [-0.1, -0.05) is 6.07 Å². The summed E-state index contributed by atoms with van der Waals surface area (Å²) in [6, 6.07) is 7.37. The smallest absolute Gasteiger partial charge is 0.271 e. The molecule has 3 aromatic rings. The van der Waals surface area contributed by atoms with Crippen LogP contribution in [0.3, 0.4) is 0 Å². The number of aromatic nitrogens is 2. The van der Waals surface area contributed by atoms with Crippen LogP contribution in [0.15, 0.2) is 30.3 Å². The third-order valence-electron chi connectivity index (χ3n) is 4.44. The van der Waals surface area contributed by atoms with E-state index in [0.717, 1.165) is 11.1 Å². The van der Waals surface area contributed by atoms with E-state index in [2.05, 4.69) is 10.2 Å². The molecular weight excluding hydrogens is 338 g/mol. The number of anilines is 1. The Bertz CT molecular complexity index is 1000. The van der Waals surface area contributed by atoms with Gasteiger partial charge in [0.05, 0.1) is 5.69 Å². The van der Waals surface area contributed by atoms with Gasteiger partial charge in [0.1, 0.15) is 17.2 Å². The molecule has 4 N–H and O–H groups in total. The fourth-order valence-electron chi connectivity index (χ4n) is 3.01. The molecule has 0 radical (unpaired) electrons. The van der Waals surface area contributed by atoms with Crippen LogP contribution in [-0.2, 0) is 12.8 Å². The number of benzene rings is 2. The first kappa shape index (κ1) is 17.7. The van der Waals surface area contributed by atoms with Gasteiger partial charge in [0.15, 0.2) is 5.69 Å². The summed E-state index contributed by atoms with van der Waals surface area (Å²) in [5.74, 6) is -1.50. The molecule has 0 saturated heterocycles. The lowest BCUT2D eigenvalue weighted by Gasteiger charge is -2.11. The molecular formula is C19H18F2N4O. The van der Waals surface area contributed by atoms with Gasteiger partial charge in [0, 0.05) is 10.9 Å². The molecule has 0 bridgehead atoms. The molecule has 1 aromatic heterocycles. The van der Waals surface area contributed by atoms with Crippen LogP contribution in [0.4, 0.5) is 14.5 Å². The first-order valence-electron chi connectivity index (χ1n) is 8.16. The number of amides is 1. The number of aryl methyl sites for hydroxylation is 3. The third-order valence-corrected chi connectivity index (χ3v) is 4.44. The Labute approximate surface area is 149 Å². The molecule has 0 aliphatic heterocycles. The molecule has 0 fully saturated rings. The van der Waals surface area contributed by atoms with Crippen molar-refractivity contribution >= 4 is 22.5 Å². The van der Waals surface area contributed by atoms with Crippen molar-refractivity contribution in [1.82, 2.24) is 10.2 Å². The molecule has 1 heterocycles. The fourth-order valence-corrected chi connectivity index (χ4v) is 3.01. The molecule has 7 heteroatoms. The fraction of sp³-hybridized carbons (Fsp3) is 0.211. The zero-order valence-corrected chi connectivity index (χ0v) is 14.2. The molecule has 134 valence electrons. The number of nitrogens with two attached hydrogens (primary N) is 2. The number of rotatable bonds is 5. The first-order valence-corrected chi connectivity index (χ1v) is 8.16. The van der Waals surface area contributed by atoms with Crippen molar-refractivity contribution in [2.45, 2.75) is 26.2 Å². The number of fused-ring (bicyclic) bond motifs is 1. The van der Waals surface area contributed by atoms with Crippen LogP contribution in [0.2, 0.25) is 0 Å². The molecule has 2 aromatic carbocycles. The van der Waals surface area contributed by atoms with E-state index < -0.39 is 11.7 Å². The summed E-state index contributed by atoms with van der Waals surface area (Å²) in [5, 5.41) is 8.12. The average molecular weight is 356 g/mol. The van der Waals surface area contributed by atoms with Crippen LogP contribution in [0, 0.1) is 18.6 Å². The quantitative estimate of drug-likeness (QED) is 0.734. The van der Waals surface area contributed by atoms with E-state index >= 15 is 0 Å². The second-order valence-electron chi connectivity index (χ2n) is 6.17. The van der Waals surface area contributed by atoms with E-state index in [1.807, 2.05) is 6.92 Å². The van der Waals surface area contributed by atoms with Crippen molar-refractivity contribution in [1.29, 1.82) is 0 Å². The van der Waals surface area contributed by atoms with Gasteiger partial charge in [-0.05, 0) is 61.6 Å². The number of hydrogen-bond donors (Lipinski definition) is 2. The van der Waals surface area contributed by atoms with Gasteiger partial charge in [-0.25, -0.2) is 8.78 Å². The van der Waals surface area contributed by atoms with Gasteiger partial charge in [-0.3, -0.25) is 4.79 Å². The maximum Gasteiger partial charge on any atom is 0.271 e. The molecule has 1 amide bonds. The second kappa shape index (κ2) is 7.03. The highest BCUT2D eigenvalue weighted by Gasteiger charge is 2.17. The summed E-state index contributed by atoms with van der Waals surface area (Å²) in [7, 11) is 0. The van der Waals surface area contributed by atoms with Crippen LogP contribution in [-0.4, -0.2) is 16.1 Å². The Morgan fingerprint density at radius 2 is 1.88 bits per heavy atom. The normalized spacial score (nSPS) is 11.0. The average Bonchev–Trinajstić information content (AvgIpc) is 2.59. The lowest BCUT2D eigenvalue weighted by Crippen LogP contribution is -2.17. The first-order chi connectivity index (χ1) is 12.4. The van der Waals surface area contributed by atoms with E-state index in [0.29, 0.717) is 35.7 Å². The van der Waals surface area contributed by atoms with Crippen molar-refractivity contribution in [3.8, 4) is 0 Å². The zero-order chi connectivity index (χ0) is 18.8. The van der Waals surface area contributed by atoms with E-state index in [1.54, 1.807) is 6.07 Å². The highest BCUT2D eigenvalue weighted by Crippen LogP contribution is 2.27. The molecule has 0 saturated carbocycles. The summed E-state index contributed by atoms with van der Waals surface area (Å²) in [6.45, 7) is 1.91. The minimum absolute atomic E-state index is 0.0877. The van der Waals surface area contributed by atoms with Crippen molar-refractivity contribution in [2.24, 2.45) is 5.73 Å². The molecule has 0 spiro atoms. The number of halogens is 2. The van der Waals surface area contributed by atoms with Gasteiger partial charge < -0.3 is 11.5 Å². The van der Waals surface area contributed by atoms with Crippen LogP contribution in [0.5, 0.6) is 0 Å². The van der Waals surface area contributed by atoms with Crippen molar-refractivity contribution in [3.05, 3.63) is 64.4 Å². The van der Waals surface area contributed by atoms with Crippen molar-refractivity contribution in [2.75, 3.05) is 5.73 Å². The molecule has 3 rings (SSSR count). The van der Waals surface area contributed by atoms with Crippen molar-refractivity contribution in [3.63, 3.8) is 0 Å². The monoisotopic (exact) mass is 356 g/mol. The highest BCUT2D eigenvalue weighted by atomic mass is 19.1. The SMILES string of the molecule is Cc1ccc(F)cc1CCCc1c(F)ccc2c(N)c(C(N)=O)nnc12. The number of carbonyl (C=O) groups is 1. The Hall–Kier alpha value is -3.09. The maximum atomic E-state index is 14.3. The van der Waals surface area contributed by atoms with Gasteiger partial charge in [-0.15, -0.1) is 10.2 Å². The molecule has 5 nitrogen and oxygen atoms in total. The van der Waals surface area contributed by atoms with Crippen molar-refractivity contribution < 1.29 is 13.6 Å². The molecule has 0 atom stereocenters. The number of nitrogen functional groups attached to an aromatic ring is 1. The van der Waals surface area contributed by atoms with Crippen LogP contribution in [0.1, 0.15) is 33.6 Å². The minimum atomic E-state index is -0.788. The maximum absolute atomic E-state index is 14.3. The van der Waals surface area contributed by atoms with E-state index in [-0.39, 0.29) is 17.2 Å². The third kappa shape index (κ3) is 3.33. The number of primary amides is 1. The summed E-state index contributed by atoms with van der Waals surface area (Å²) in [5.41, 5.74) is 13.6. The summed E-state index contributed by atoms with van der Waals surface area (Å²) < 4.78 is 27.7. The van der Waals surface area contributed by atoms with Gasteiger partial charge >= 0.3 is 0 Å². The Morgan fingerprint density at radius 1 is 1.12 bits per heavy atom. The zero-order valence-electron chi connectivity index (χ0n) is 14.2. The summed E-state index contributed by atoms with van der Waals surface area (Å²) in [6.07, 6.45) is 1.57. The number of carbonyl (C=O) groups excluding carboxylic acids is 1. The van der Waals surface area contributed by atoms with E-state index in [4.69, 9.17) is 11.5 Å². The summed E-state index contributed by atoms with van der Waals surface area (Å²) in [4.78, 5) is 11.3. The number of hydrogen-bond acceptors (Lipinski definition) is 4. The Morgan fingerprint density at radius 3 is 2.62 bits per heavy atom. The van der Waals surface area contributed by atoms with Crippen LogP contribution < -0.4 is 11.5 Å². The lowest BCUT2D eigenvalue weighted by atomic mass is 9.98. The second-order valence-corrected chi connectivity index (χ2v) is 6.17. The Kier molecular flexibility index (Phi) is 4.79. The van der Waals surface area contributed by atoms with Crippen LogP contribution in [0.25, 0.3) is 10.9 Å². The minimum Gasteiger partial charge on any atom is -0.396 e. The standard InChI is InChI=1S/C19H18F2N4O/c1-10-5-6-12(20)9-11(10)3-2-4-13-15(21)8-7-14-16(22)18(19(23)26)25-24-17(13)14/h5-9H,2-4H2,1H3,(H2,22,24)(H2,23,26). The topological polar surface area (TPSA) is 94.9 Å².